The van der Waals surface area contributed by atoms with Crippen molar-refractivity contribution in [1.29, 1.82) is 0 Å². The summed E-state index contributed by atoms with van der Waals surface area (Å²) in [4.78, 5) is 12.7. The third-order valence-corrected chi connectivity index (χ3v) is 3.54. The average Bonchev–Trinajstić information content (AvgIpc) is 2.96. The molecular formula is C13H17FN2O2. The average molecular weight is 252 g/mol. The quantitative estimate of drug-likeness (QED) is 0.806. The highest BCUT2D eigenvalue weighted by molar-refractivity contribution is 5.90. The summed E-state index contributed by atoms with van der Waals surface area (Å²) in [6.45, 7) is 2.99. The Balaban J connectivity index is 2.22. The minimum atomic E-state index is -1.30. The van der Waals surface area contributed by atoms with Crippen LogP contribution in [0.3, 0.4) is 0 Å². The van der Waals surface area contributed by atoms with Crippen LogP contribution in [0, 0.1) is 17.7 Å². The molecule has 1 saturated carbocycles. The molecule has 1 aliphatic carbocycles. The number of nitrogens with zero attached hydrogens (tertiary/aromatic N) is 1. The van der Waals surface area contributed by atoms with Gasteiger partial charge in [-0.05, 0) is 24.3 Å². The number of nitrogens with two attached hydrogens (primary N) is 1. The zero-order valence-electron chi connectivity index (χ0n) is 10.5. The zero-order valence-corrected chi connectivity index (χ0v) is 10.5. The van der Waals surface area contributed by atoms with E-state index in [9.17, 15) is 9.18 Å². The van der Waals surface area contributed by atoms with Crippen LogP contribution in [-0.4, -0.2) is 24.7 Å². The molecule has 5 heteroatoms. The van der Waals surface area contributed by atoms with Gasteiger partial charge in [-0.3, -0.25) is 0 Å². The molecule has 0 radical (unpaired) electrons. The van der Waals surface area contributed by atoms with E-state index >= 15 is 0 Å². The molecule has 1 fully saturated rings. The lowest BCUT2D eigenvalue weighted by molar-refractivity contribution is 0.0692. The van der Waals surface area contributed by atoms with Gasteiger partial charge in [-0.25, -0.2) is 9.18 Å². The van der Waals surface area contributed by atoms with Gasteiger partial charge in [-0.2, -0.15) is 0 Å². The van der Waals surface area contributed by atoms with Crippen molar-refractivity contribution in [2.24, 2.45) is 11.8 Å². The minimum absolute atomic E-state index is 0.296. The summed E-state index contributed by atoms with van der Waals surface area (Å²) in [5.41, 5.74) is 6.25. The second-order valence-electron chi connectivity index (χ2n) is 5.05. The largest absolute Gasteiger partial charge is 0.478 e. The third kappa shape index (κ3) is 2.39. The fourth-order valence-electron chi connectivity index (χ4n) is 2.18. The van der Waals surface area contributed by atoms with E-state index in [4.69, 9.17) is 10.8 Å². The van der Waals surface area contributed by atoms with Crippen molar-refractivity contribution in [3.63, 3.8) is 0 Å². The third-order valence-electron chi connectivity index (χ3n) is 3.54. The molecule has 0 amide bonds. The molecule has 1 aromatic carbocycles. The number of nitrogen functional groups attached to an aromatic ring is 1. The Labute approximate surface area is 105 Å². The van der Waals surface area contributed by atoms with Gasteiger partial charge in [-0.15, -0.1) is 0 Å². The van der Waals surface area contributed by atoms with Crippen LogP contribution < -0.4 is 10.6 Å². The lowest BCUT2D eigenvalue weighted by Crippen LogP contribution is -2.22. The fourth-order valence-corrected chi connectivity index (χ4v) is 2.18. The number of halogens is 1. The number of carboxylic acid groups (broad SMARTS) is 1. The Morgan fingerprint density at radius 1 is 1.61 bits per heavy atom. The first-order chi connectivity index (χ1) is 8.40. The molecule has 0 heterocycles. The van der Waals surface area contributed by atoms with E-state index < -0.39 is 11.8 Å². The smallest absolute Gasteiger partial charge is 0.338 e. The van der Waals surface area contributed by atoms with E-state index in [0.717, 1.165) is 6.54 Å². The standard InChI is InChI=1S/C13H17FN2O2/c1-7-3-8(7)6-16(2)12-5-10(14)9(13(17)18)4-11(12)15/h4-5,7-8H,3,6,15H2,1-2H3,(H,17,18). The molecule has 2 atom stereocenters. The van der Waals surface area contributed by atoms with Gasteiger partial charge in [0.05, 0.1) is 16.9 Å². The van der Waals surface area contributed by atoms with Crippen LogP contribution in [-0.2, 0) is 0 Å². The summed E-state index contributed by atoms with van der Waals surface area (Å²) in [5, 5.41) is 8.80. The highest BCUT2D eigenvalue weighted by atomic mass is 19.1. The predicted molar refractivity (Wildman–Crippen MR) is 68.3 cm³/mol. The maximum Gasteiger partial charge on any atom is 0.338 e. The van der Waals surface area contributed by atoms with Crippen molar-refractivity contribution in [1.82, 2.24) is 0 Å². The van der Waals surface area contributed by atoms with Crippen molar-refractivity contribution < 1.29 is 14.3 Å². The first-order valence-electron chi connectivity index (χ1n) is 5.93. The summed E-state index contributed by atoms with van der Waals surface area (Å²) >= 11 is 0. The van der Waals surface area contributed by atoms with Crippen molar-refractivity contribution in [3.8, 4) is 0 Å². The van der Waals surface area contributed by atoms with Gasteiger partial charge in [0.1, 0.15) is 5.82 Å². The van der Waals surface area contributed by atoms with E-state index in [1.165, 1.54) is 18.6 Å². The Bertz CT molecular complexity index is 490. The van der Waals surface area contributed by atoms with Crippen LogP contribution in [0.5, 0.6) is 0 Å². The Morgan fingerprint density at radius 2 is 2.22 bits per heavy atom. The summed E-state index contributed by atoms with van der Waals surface area (Å²) in [6.07, 6.45) is 1.18. The van der Waals surface area contributed by atoms with Gasteiger partial charge >= 0.3 is 5.97 Å². The molecule has 0 aliphatic heterocycles. The van der Waals surface area contributed by atoms with Gasteiger partial charge < -0.3 is 15.7 Å². The van der Waals surface area contributed by atoms with Gasteiger partial charge in [0.2, 0.25) is 0 Å². The molecule has 0 bridgehead atoms. The van der Waals surface area contributed by atoms with E-state index in [0.29, 0.717) is 23.2 Å². The molecule has 98 valence electrons. The molecule has 2 unspecified atom stereocenters. The maximum atomic E-state index is 13.6. The van der Waals surface area contributed by atoms with Crippen LogP contribution in [0.25, 0.3) is 0 Å². The SMILES string of the molecule is CC1CC1CN(C)c1cc(F)c(C(=O)O)cc1N. The van der Waals surface area contributed by atoms with Crippen LogP contribution >= 0.6 is 0 Å². The summed E-state index contributed by atoms with van der Waals surface area (Å²) < 4.78 is 13.6. The van der Waals surface area contributed by atoms with Gasteiger partial charge in [0, 0.05) is 19.7 Å². The summed E-state index contributed by atoms with van der Waals surface area (Å²) in [6, 6.07) is 2.38. The second kappa shape index (κ2) is 4.48. The van der Waals surface area contributed by atoms with Crippen LogP contribution in [0.2, 0.25) is 0 Å². The number of hydrogen-bond acceptors (Lipinski definition) is 3. The molecule has 18 heavy (non-hydrogen) atoms. The highest BCUT2D eigenvalue weighted by Crippen LogP contribution is 2.39. The second-order valence-corrected chi connectivity index (χ2v) is 5.05. The molecule has 0 spiro atoms. The number of hydrogen-bond donors (Lipinski definition) is 2. The topological polar surface area (TPSA) is 66.6 Å². The summed E-state index contributed by atoms with van der Waals surface area (Å²) in [5.74, 6) is -0.722. The number of anilines is 2. The normalized spacial score (nSPS) is 21.7. The molecule has 4 nitrogen and oxygen atoms in total. The maximum absolute atomic E-state index is 13.6. The molecule has 1 aliphatic rings. The number of aromatic carboxylic acids is 1. The van der Waals surface area contributed by atoms with E-state index in [1.807, 2.05) is 11.9 Å². The van der Waals surface area contributed by atoms with E-state index in [-0.39, 0.29) is 5.56 Å². The summed E-state index contributed by atoms with van der Waals surface area (Å²) in [7, 11) is 1.84. The fraction of sp³-hybridized carbons (Fsp3) is 0.462. The van der Waals surface area contributed by atoms with Crippen molar-refractivity contribution in [2.45, 2.75) is 13.3 Å². The first-order valence-corrected chi connectivity index (χ1v) is 5.93. The van der Waals surface area contributed by atoms with Gasteiger partial charge in [0.25, 0.3) is 0 Å². The number of carbonyl (C=O) groups is 1. The monoisotopic (exact) mass is 252 g/mol. The Morgan fingerprint density at radius 3 is 2.72 bits per heavy atom. The van der Waals surface area contributed by atoms with Crippen LogP contribution in [0.4, 0.5) is 15.8 Å². The van der Waals surface area contributed by atoms with E-state index in [1.54, 1.807) is 0 Å². The van der Waals surface area contributed by atoms with E-state index in [2.05, 4.69) is 6.92 Å². The minimum Gasteiger partial charge on any atom is -0.478 e. The zero-order chi connectivity index (χ0) is 13.4. The Hall–Kier alpha value is -1.78. The van der Waals surface area contributed by atoms with Crippen molar-refractivity contribution >= 4 is 17.3 Å². The number of benzene rings is 1. The molecule has 1 aromatic rings. The lowest BCUT2D eigenvalue weighted by atomic mass is 10.1. The lowest BCUT2D eigenvalue weighted by Gasteiger charge is -2.21. The van der Waals surface area contributed by atoms with Crippen LogP contribution in [0.15, 0.2) is 12.1 Å². The molecule has 0 aromatic heterocycles. The predicted octanol–water partition coefficient (Wildman–Crippen LogP) is 2.20. The van der Waals surface area contributed by atoms with Crippen molar-refractivity contribution in [3.05, 3.63) is 23.5 Å². The van der Waals surface area contributed by atoms with Crippen molar-refractivity contribution in [2.75, 3.05) is 24.2 Å². The molecule has 2 rings (SSSR count). The number of carboxylic acids is 1. The molecule has 3 N–H and O–H groups in total. The highest BCUT2D eigenvalue weighted by Gasteiger charge is 2.33. The first kappa shape index (κ1) is 12.7. The number of rotatable bonds is 4. The molecular weight excluding hydrogens is 235 g/mol. The van der Waals surface area contributed by atoms with Crippen LogP contribution in [0.1, 0.15) is 23.7 Å². The van der Waals surface area contributed by atoms with Gasteiger partial charge in [0.15, 0.2) is 0 Å². The molecule has 0 saturated heterocycles. The van der Waals surface area contributed by atoms with Gasteiger partial charge in [-0.1, -0.05) is 6.92 Å². The Kier molecular flexibility index (Phi) is 3.15.